The number of aliphatic hydroxyl groups excluding tert-OH is 1. The Labute approximate surface area is 87.1 Å². The average Bonchev–Trinajstić information content (AvgIpc) is 2.47. The summed E-state index contributed by atoms with van der Waals surface area (Å²) in [5, 5.41) is 9.59. The molecule has 0 saturated carbocycles. The molecule has 1 saturated heterocycles. The summed E-state index contributed by atoms with van der Waals surface area (Å²) in [5.41, 5.74) is 0. The summed E-state index contributed by atoms with van der Waals surface area (Å²) < 4.78 is 5.34. The molecule has 0 spiro atoms. The first-order valence-electron chi connectivity index (χ1n) is 5.65. The summed E-state index contributed by atoms with van der Waals surface area (Å²) in [6.45, 7) is 9.78. The topological polar surface area (TPSA) is 32.7 Å². The van der Waals surface area contributed by atoms with Gasteiger partial charge in [0.25, 0.3) is 0 Å². The number of hydrogen-bond acceptors (Lipinski definition) is 3. The van der Waals surface area contributed by atoms with Crippen LogP contribution in [0.5, 0.6) is 0 Å². The smallest absolute Gasteiger partial charge is 0.0682 e. The molecule has 3 nitrogen and oxygen atoms in total. The molecule has 1 fully saturated rings. The van der Waals surface area contributed by atoms with Crippen LogP contribution in [0.15, 0.2) is 0 Å². The predicted octanol–water partition coefficient (Wildman–Crippen LogP) is 1.11. The minimum atomic E-state index is -0.135. The first-order valence-corrected chi connectivity index (χ1v) is 5.65. The van der Waals surface area contributed by atoms with Gasteiger partial charge in [-0.25, -0.2) is 0 Å². The largest absolute Gasteiger partial charge is 0.392 e. The van der Waals surface area contributed by atoms with Crippen molar-refractivity contribution >= 4 is 0 Å². The van der Waals surface area contributed by atoms with Gasteiger partial charge in [-0.2, -0.15) is 0 Å². The molecule has 1 aliphatic rings. The van der Waals surface area contributed by atoms with E-state index >= 15 is 0 Å². The van der Waals surface area contributed by atoms with Gasteiger partial charge in [-0.3, -0.25) is 4.90 Å². The van der Waals surface area contributed by atoms with Gasteiger partial charge >= 0.3 is 0 Å². The highest BCUT2D eigenvalue weighted by Crippen LogP contribution is 2.23. The Balaban J connectivity index is 2.33. The molecule has 0 aromatic rings. The molecule has 0 aromatic heterocycles. The van der Waals surface area contributed by atoms with Gasteiger partial charge in [0.1, 0.15) is 0 Å². The number of hydrogen-bond donors (Lipinski definition) is 1. The fraction of sp³-hybridized carbons (Fsp3) is 1.00. The lowest BCUT2D eigenvalue weighted by atomic mass is 10.0. The molecule has 1 heterocycles. The summed E-state index contributed by atoms with van der Waals surface area (Å²) >= 11 is 0. The van der Waals surface area contributed by atoms with Crippen molar-refractivity contribution in [2.24, 2.45) is 5.92 Å². The molecule has 0 bridgehead atoms. The van der Waals surface area contributed by atoms with Crippen LogP contribution in [-0.4, -0.2) is 48.5 Å². The van der Waals surface area contributed by atoms with E-state index in [1.165, 1.54) is 0 Å². The van der Waals surface area contributed by atoms with Crippen molar-refractivity contribution < 1.29 is 9.84 Å². The van der Waals surface area contributed by atoms with Gasteiger partial charge in [0.15, 0.2) is 0 Å². The van der Waals surface area contributed by atoms with Crippen LogP contribution in [0.4, 0.5) is 0 Å². The fourth-order valence-corrected chi connectivity index (χ4v) is 2.19. The number of nitrogens with zero attached hydrogens (tertiary/aromatic N) is 1. The van der Waals surface area contributed by atoms with Crippen LogP contribution in [0.25, 0.3) is 0 Å². The van der Waals surface area contributed by atoms with Crippen LogP contribution < -0.4 is 0 Å². The second-order valence-electron chi connectivity index (χ2n) is 4.39. The van der Waals surface area contributed by atoms with E-state index in [9.17, 15) is 5.11 Å². The van der Waals surface area contributed by atoms with E-state index in [1.54, 1.807) is 0 Å². The fourth-order valence-electron chi connectivity index (χ4n) is 2.19. The van der Waals surface area contributed by atoms with Gasteiger partial charge in [-0.1, -0.05) is 13.8 Å². The molecule has 0 aliphatic carbocycles. The molecular formula is C11H23NO2. The van der Waals surface area contributed by atoms with Gasteiger partial charge < -0.3 is 9.84 Å². The molecule has 1 aliphatic heterocycles. The maximum absolute atomic E-state index is 9.59. The van der Waals surface area contributed by atoms with Crippen molar-refractivity contribution in [2.75, 3.05) is 26.3 Å². The van der Waals surface area contributed by atoms with Crippen LogP contribution in [0, 0.1) is 5.92 Å². The van der Waals surface area contributed by atoms with Crippen molar-refractivity contribution in [2.45, 2.75) is 39.3 Å². The molecule has 1 rings (SSSR count). The minimum Gasteiger partial charge on any atom is -0.392 e. The van der Waals surface area contributed by atoms with E-state index in [-0.39, 0.29) is 6.10 Å². The Bertz CT molecular complexity index is 161. The summed E-state index contributed by atoms with van der Waals surface area (Å²) in [5.74, 6) is 0.619. The van der Waals surface area contributed by atoms with Crippen molar-refractivity contribution in [3.05, 3.63) is 0 Å². The number of β-amino-alcohol motifs (C(OH)–C–C–N with tert-alkyl or cyclic N) is 1. The number of aliphatic hydroxyl groups is 1. The van der Waals surface area contributed by atoms with Crippen LogP contribution in [0.3, 0.4) is 0 Å². The van der Waals surface area contributed by atoms with Crippen molar-refractivity contribution in [3.8, 4) is 0 Å². The molecule has 0 amide bonds. The van der Waals surface area contributed by atoms with E-state index in [2.05, 4.69) is 18.7 Å². The third-order valence-corrected chi connectivity index (χ3v) is 2.92. The van der Waals surface area contributed by atoms with Gasteiger partial charge in [0.2, 0.25) is 0 Å². The monoisotopic (exact) mass is 201 g/mol. The zero-order valence-corrected chi connectivity index (χ0v) is 9.57. The van der Waals surface area contributed by atoms with E-state index in [0.717, 1.165) is 32.7 Å². The number of rotatable bonds is 5. The molecule has 3 heteroatoms. The molecule has 1 N–H and O–H groups in total. The quantitative estimate of drug-likeness (QED) is 0.676. The Morgan fingerprint density at radius 1 is 1.50 bits per heavy atom. The summed E-state index contributed by atoms with van der Waals surface area (Å²) in [6, 6.07) is 0.533. The average molecular weight is 201 g/mol. The number of likely N-dealkylation sites (tertiary alicyclic amines) is 1. The molecular weight excluding hydrogens is 178 g/mol. The van der Waals surface area contributed by atoms with Gasteiger partial charge in [0.05, 0.1) is 12.7 Å². The van der Waals surface area contributed by atoms with Crippen LogP contribution >= 0.6 is 0 Å². The Morgan fingerprint density at radius 2 is 2.21 bits per heavy atom. The maximum atomic E-state index is 9.59. The predicted molar refractivity (Wildman–Crippen MR) is 57.3 cm³/mol. The molecule has 0 unspecified atom stereocenters. The lowest BCUT2D eigenvalue weighted by molar-refractivity contribution is 0.0955. The summed E-state index contributed by atoms with van der Waals surface area (Å²) in [6.07, 6.45) is 0.785. The Hall–Kier alpha value is -0.120. The first kappa shape index (κ1) is 12.0. The highest BCUT2D eigenvalue weighted by molar-refractivity contribution is 4.86. The Kier molecular flexibility index (Phi) is 4.85. The second-order valence-corrected chi connectivity index (χ2v) is 4.39. The van der Waals surface area contributed by atoms with Gasteiger partial charge in [-0.15, -0.1) is 0 Å². The third kappa shape index (κ3) is 3.23. The zero-order valence-electron chi connectivity index (χ0n) is 9.57. The van der Waals surface area contributed by atoms with Crippen LogP contribution in [0.2, 0.25) is 0 Å². The normalized spacial score (nSPS) is 28.9. The maximum Gasteiger partial charge on any atom is 0.0682 e. The van der Waals surface area contributed by atoms with Crippen molar-refractivity contribution in [3.63, 3.8) is 0 Å². The molecule has 0 radical (unpaired) electrons. The SMILES string of the molecule is CCOCCN1C[C@@H](O)C[C@@H]1C(C)C. The van der Waals surface area contributed by atoms with Gasteiger partial charge in [0, 0.05) is 25.7 Å². The Morgan fingerprint density at radius 3 is 2.79 bits per heavy atom. The zero-order chi connectivity index (χ0) is 10.6. The van der Waals surface area contributed by atoms with E-state index in [1.807, 2.05) is 6.92 Å². The highest BCUT2D eigenvalue weighted by atomic mass is 16.5. The van der Waals surface area contributed by atoms with E-state index in [0.29, 0.717) is 12.0 Å². The molecule has 14 heavy (non-hydrogen) atoms. The minimum absolute atomic E-state index is 0.135. The second kappa shape index (κ2) is 5.69. The molecule has 0 aromatic carbocycles. The standard InChI is InChI=1S/C11H23NO2/c1-4-14-6-5-12-8-10(13)7-11(12)9(2)3/h9-11,13H,4-8H2,1-3H3/t10-,11+/m0/s1. The summed E-state index contributed by atoms with van der Waals surface area (Å²) in [7, 11) is 0. The highest BCUT2D eigenvalue weighted by Gasteiger charge is 2.32. The van der Waals surface area contributed by atoms with Crippen LogP contribution in [0.1, 0.15) is 27.2 Å². The first-order chi connectivity index (χ1) is 6.65. The lowest BCUT2D eigenvalue weighted by Gasteiger charge is -2.26. The third-order valence-electron chi connectivity index (χ3n) is 2.92. The van der Waals surface area contributed by atoms with E-state index < -0.39 is 0 Å². The van der Waals surface area contributed by atoms with Gasteiger partial charge in [-0.05, 0) is 19.3 Å². The summed E-state index contributed by atoms with van der Waals surface area (Å²) in [4.78, 5) is 2.35. The van der Waals surface area contributed by atoms with Crippen molar-refractivity contribution in [1.82, 2.24) is 4.90 Å². The van der Waals surface area contributed by atoms with Crippen molar-refractivity contribution in [1.29, 1.82) is 0 Å². The number of ether oxygens (including phenoxy) is 1. The molecule has 84 valence electrons. The lowest BCUT2D eigenvalue weighted by Crippen LogP contribution is -2.36. The van der Waals surface area contributed by atoms with E-state index in [4.69, 9.17) is 4.74 Å². The molecule has 2 atom stereocenters. The van der Waals surface area contributed by atoms with Crippen LogP contribution in [-0.2, 0) is 4.74 Å².